The van der Waals surface area contributed by atoms with E-state index in [2.05, 4.69) is 5.32 Å². The van der Waals surface area contributed by atoms with E-state index in [9.17, 15) is 9.59 Å². The van der Waals surface area contributed by atoms with Crippen molar-refractivity contribution in [1.82, 2.24) is 5.32 Å². The van der Waals surface area contributed by atoms with Gasteiger partial charge < -0.3 is 10.4 Å². The normalized spacial score (nSPS) is 11.9. The van der Waals surface area contributed by atoms with Crippen molar-refractivity contribution in [3.05, 3.63) is 35.4 Å². The number of carbonyl (C=O) groups is 2. The van der Waals surface area contributed by atoms with Gasteiger partial charge in [-0.25, -0.2) is 0 Å². The molecule has 0 bridgehead atoms. The van der Waals surface area contributed by atoms with Crippen molar-refractivity contribution in [2.24, 2.45) is 0 Å². The number of amides is 1. The molecule has 0 aliphatic rings. The van der Waals surface area contributed by atoms with Crippen LogP contribution in [0.3, 0.4) is 0 Å². The van der Waals surface area contributed by atoms with Gasteiger partial charge >= 0.3 is 5.97 Å². The van der Waals surface area contributed by atoms with E-state index >= 15 is 0 Å². The van der Waals surface area contributed by atoms with E-state index in [0.29, 0.717) is 18.4 Å². The fourth-order valence-corrected chi connectivity index (χ4v) is 1.73. The predicted octanol–water partition coefficient (Wildman–Crippen LogP) is 2.37. The summed E-state index contributed by atoms with van der Waals surface area (Å²) in [4.78, 5) is 22.3. The van der Waals surface area contributed by atoms with E-state index in [1.807, 2.05) is 32.0 Å². The summed E-state index contributed by atoms with van der Waals surface area (Å²) in [6.45, 7) is 3.82. The fraction of sp³-hybridized carbons (Fsp3) is 0.429. The molecule has 0 spiro atoms. The Morgan fingerprint density at radius 1 is 1.39 bits per heavy atom. The summed E-state index contributed by atoms with van der Waals surface area (Å²) in [5.41, 5.74) is 1.68. The number of carboxylic acid groups (broad SMARTS) is 1. The van der Waals surface area contributed by atoms with Crippen LogP contribution in [0.15, 0.2) is 24.3 Å². The van der Waals surface area contributed by atoms with E-state index in [0.717, 1.165) is 5.56 Å². The van der Waals surface area contributed by atoms with Gasteiger partial charge in [0, 0.05) is 18.0 Å². The molecule has 4 heteroatoms. The summed E-state index contributed by atoms with van der Waals surface area (Å²) < 4.78 is 0. The van der Waals surface area contributed by atoms with E-state index in [4.69, 9.17) is 5.11 Å². The average Bonchev–Trinajstić information content (AvgIpc) is 2.28. The number of carboxylic acids is 1. The van der Waals surface area contributed by atoms with Gasteiger partial charge in [-0.1, -0.05) is 17.7 Å². The molecule has 0 saturated carbocycles. The second-order valence-electron chi connectivity index (χ2n) is 4.53. The Morgan fingerprint density at radius 3 is 2.72 bits per heavy atom. The third-order valence-electron chi connectivity index (χ3n) is 2.69. The first kappa shape index (κ1) is 14.2. The maximum absolute atomic E-state index is 11.9. The van der Waals surface area contributed by atoms with Crippen LogP contribution in [0.4, 0.5) is 0 Å². The zero-order valence-electron chi connectivity index (χ0n) is 10.8. The Balaban J connectivity index is 2.42. The summed E-state index contributed by atoms with van der Waals surface area (Å²) in [5.74, 6) is -0.909. The lowest BCUT2D eigenvalue weighted by molar-refractivity contribution is -0.137. The smallest absolute Gasteiger partial charge is 0.303 e. The van der Waals surface area contributed by atoms with Crippen molar-refractivity contribution < 1.29 is 14.7 Å². The molecule has 0 aliphatic carbocycles. The lowest BCUT2D eigenvalue weighted by atomic mass is 10.1. The van der Waals surface area contributed by atoms with Crippen molar-refractivity contribution in [1.29, 1.82) is 0 Å². The van der Waals surface area contributed by atoms with Gasteiger partial charge in [0.15, 0.2) is 0 Å². The van der Waals surface area contributed by atoms with Crippen LogP contribution in [0, 0.1) is 6.92 Å². The molecule has 0 aliphatic heterocycles. The molecule has 2 N–H and O–H groups in total. The molecule has 0 heterocycles. The van der Waals surface area contributed by atoms with Crippen LogP contribution in [0.25, 0.3) is 0 Å². The summed E-state index contributed by atoms with van der Waals surface area (Å²) >= 11 is 0. The monoisotopic (exact) mass is 249 g/mol. The fourth-order valence-electron chi connectivity index (χ4n) is 1.73. The van der Waals surface area contributed by atoms with Crippen molar-refractivity contribution in [2.75, 3.05) is 0 Å². The molecule has 4 nitrogen and oxygen atoms in total. The molecule has 0 aromatic heterocycles. The van der Waals surface area contributed by atoms with Crippen molar-refractivity contribution in [3.63, 3.8) is 0 Å². The van der Waals surface area contributed by atoms with Crippen LogP contribution in [0.1, 0.15) is 42.1 Å². The molecule has 1 aromatic rings. The van der Waals surface area contributed by atoms with E-state index < -0.39 is 5.97 Å². The molecule has 98 valence electrons. The number of aryl methyl sites for hydroxylation is 1. The van der Waals surface area contributed by atoms with Gasteiger partial charge in [0.2, 0.25) is 0 Å². The van der Waals surface area contributed by atoms with E-state index in [-0.39, 0.29) is 18.4 Å². The van der Waals surface area contributed by atoms with Gasteiger partial charge in [-0.05, 0) is 38.8 Å². The topological polar surface area (TPSA) is 66.4 Å². The van der Waals surface area contributed by atoms with Gasteiger partial charge in [0.05, 0.1) is 0 Å². The van der Waals surface area contributed by atoms with Crippen LogP contribution in [-0.2, 0) is 4.79 Å². The Morgan fingerprint density at radius 2 is 2.11 bits per heavy atom. The van der Waals surface area contributed by atoms with Crippen LogP contribution in [0.5, 0.6) is 0 Å². The Bertz CT molecular complexity index is 429. The number of aliphatic carboxylic acids is 1. The molecular formula is C14H19NO3. The number of hydrogen-bond acceptors (Lipinski definition) is 2. The van der Waals surface area contributed by atoms with Gasteiger partial charge in [0.1, 0.15) is 0 Å². The summed E-state index contributed by atoms with van der Waals surface area (Å²) in [7, 11) is 0. The lowest BCUT2D eigenvalue weighted by Crippen LogP contribution is -2.32. The van der Waals surface area contributed by atoms with Crippen molar-refractivity contribution in [2.45, 2.75) is 39.2 Å². The number of nitrogens with one attached hydrogen (secondary N) is 1. The maximum atomic E-state index is 11.9. The van der Waals surface area contributed by atoms with Gasteiger partial charge in [0.25, 0.3) is 5.91 Å². The molecule has 1 atom stereocenters. The van der Waals surface area contributed by atoms with E-state index in [1.165, 1.54) is 0 Å². The second-order valence-corrected chi connectivity index (χ2v) is 4.53. The first-order chi connectivity index (χ1) is 8.49. The summed E-state index contributed by atoms with van der Waals surface area (Å²) in [6.07, 6.45) is 1.39. The Labute approximate surface area is 107 Å². The highest BCUT2D eigenvalue weighted by Gasteiger charge is 2.10. The number of benzene rings is 1. The van der Waals surface area contributed by atoms with E-state index in [1.54, 1.807) is 6.07 Å². The molecule has 0 fully saturated rings. The highest BCUT2D eigenvalue weighted by molar-refractivity contribution is 5.94. The first-order valence-electron chi connectivity index (χ1n) is 6.08. The predicted molar refractivity (Wildman–Crippen MR) is 69.6 cm³/mol. The molecule has 18 heavy (non-hydrogen) atoms. The van der Waals surface area contributed by atoms with Crippen LogP contribution in [-0.4, -0.2) is 23.0 Å². The number of carbonyl (C=O) groups excluding carboxylic acids is 1. The van der Waals surface area contributed by atoms with Crippen molar-refractivity contribution in [3.8, 4) is 0 Å². The molecular weight excluding hydrogens is 230 g/mol. The third kappa shape index (κ3) is 4.99. The minimum Gasteiger partial charge on any atom is -0.481 e. The number of hydrogen-bond donors (Lipinski definition) is 2. The van der Waals surface area contributed by atoms with Crippen LogP contribution < -0.4 is 5.32 Å². The van der Waals surface area contributed by atoms with Crippen LogP contribution in [0.2, 0.25) is 0 Å². The van der Waals surface area contributed by atoms with Crippen LogP contribution >= 0.6 is 0 Å². The minimum atomic E-state index is -0.799. The summed E-state index contributed by atoms with van der Waals surface area (Å²) in [5, 5.41) is 11.4. The van der Waals surface area contributed by atoms with Gasteiger partial charge in [-0.15, -0.1) is 0 Å². The van der Waals surface area contributed by atoms with Crippen molar-refractivity contribution >= 4 is 11.9 Å². The highest BCUT2D eigenvalue weighted by atomic mass is 16.4. The molecule has 0 radical (unpaired) electrons. The standard InChI is InChI=1S/C14H19NO3/c1-10-5-3-7-12(9-10)14(18)15-11(2)6-4-8-13(16)17/h3,5,7,9,11H,4,6,8H2,1-2H3,(H,15,18)(H,16,17). The molecule has 1 rings (SSSR count). The van der Waals surface area contributed by atoms with Gasteiger partial charge in [-0.3, -0.25) is 9.59 Å². The Kier molecular flexibility index (Phi) is 5.36. The highest BCUT2D eigenvalue weighted by Crippen LogP contribution is 2.06. The molecule has 1 aromatic carbocycles. The molecule has 0 saturated heterocycles. The minimum absolute atomic E-state index is 0.0163. The third-order valence-corrected chi connectivity index (χ3v) is 2.69. The SMILES string of the molecule is Cc1cccc(C(=O)NC(C)CCCC(=O)O)c1. The maximum Gasteiger partial charge on any atom is 0.303 e. The zero-order chi connectivity index (χ0) is 13.5. The molecule has 1 amide bonds. The Hall–Kier alpha value is -1.84. The number of rotatable bonds is 6. The second kappa shape index (κ2) is 6.79. The average molecular weight is 249 g/mol. The quantitative estimate of drug-likeness (QED) is 0.813. The first-order valence-corrected chi connectivity index (χ1v) is 6.08. The zero-order valence-corrected chi connectivity index (χ0v) is 10.8. The largest absolute Gasteiger partial charge is 0.481 e. The lowest BCUT2D eigenvalue weighted by Gasteiger charge is -2.13. The van der Waals surface area contributed by atoms with Gasteiger partial charge in [-0.2, -0.15) is 0 Å². The summed E-state index contributed by atoms with van der Waals surface area (Å²) in [6, 6.07) is 7.37. The molecule has 1 unspecified atom stereocenters.